The predicted octanol–water partition coefficient (Wildman–Crippen LogP) is 4.42. The van der Waals surface area contributed by atoms with Crippen LogP contribution in [0.2, 0.25) is 0 Å². The van der Waals surface area contributed by atoms with Gasteiger partial charge in [-0.15, -0.1) is 11.3 Å². The normalized spacial score (nSPS) is 13.8. The first-order valence-corrected chi connectivity index (χ1v) is 11.1. The molecule has 0 bridgehead atoms. The number of aryl methyl sites for hydroxylation is 1. The summed E-state index contributed by atoms with van der Waals surface area (Å²) in [6.45, 7) is 0.341. The first-order chi connectivity index (χ1) is 13.9. The lowest BCUT2D eigenvalue weighted by Crippen LogP contribution is -2.35. The molecule has 1 aromatic heterocycles. The van der Waals surface area contributed by atoms with Crippen LogP contribution < -0.4 is 9.62 Å². The van der Waals surface area contributed by atoms with E-state index in [0.717, 1.165) is 35.5 Å². The van der Waals surface area contributed by atoms with Gasteiger partial charge in [0.05, 0.1) is 5.69 Å². The third kappa shape index (κ3) is 3.75. The quantitative estimate of drug-likeness (QED) is 0.661. The van der Waals surface area contributed by atoms with Gasteiger partial charge < -0.3 is 5.32 Å². The van der Waals surface area contributed by atoms with Crippen molar-refractivity contribution in [2.75, 3.05) is 16.2 Å². The molecule has 2 aromatic carbocycles. The molecule has 1 amide bonds. The highest BCUT2D eigenvalue weighted by molar-refractivity contribution is 7.94. The molecule has 5 nitrogen and oxygen atoms in total. The Kier molecular flexibility index (Phi) is 5.10. The Bertz CT molecular complexity index is 1180. The van der Waals surface area contributed by atoms with Crippen molar-refractivity contribution >= 4 is 38.6 Å². The molecule has 1 aliphatic rings. The monoisotopic (exact) mass is 434 g/mol. The van der Waals surface area contributed by atoms with Crippen LogP contribution in [0.15, 0.2) is 58.1 Å². The van der Waals surface area contributed by atoms with Gasteiger partial charge in [-0.1, -0.05) is 12.1 Å². The minimum atomic E-state index is -3.69. The minimum Gasteiger partial charge on any atom is -0.322 e. The van der Waals surface area contributed by atoms with Gasteiger partial charge in [0.2, 0.25) is 0 Å². The largest absolute Gasteiger partial charge is 0.322 e. The lowest BCUT2D eigenvalue weighted by molar-refractivity contribution is 0.102. The van der Waals surface area contributed by atoms with E-state index in [9.17, 15) is 22.0 Å². The molecule has 1 aliphatic heterocycles. The van der Waals surface area contributed by atoms with Crippen molar-refractivity contribution in [3.05, 3.63) is 76.7 Å². The standard InChI is InChI=1S/C20H16F2N2O3S2/c21-16-8-6-14(11-17(16)22)20(25)23-15-7-5-13-3-1-9-24(18(13)12-15)29(26,27)19-4-2-10-28-19/h2,4-8,10-12H,1,3,9H2,(H,23,25). The van der Waals surface area contributed by atoms with Gasteiger partial charge in [-0.2, -0.15) is 0 Å². The van der Waals surface area contributed by atoms with Gasteiger partial charge in [-0.3, -0.25) is 9.10 Å². The Morgan fingerprint density at radius 2 is 1.90 bits per heavy atom. The van der Waals surface area contributed by atoms with Gasteiger partial charge in [-0.25, -0.2) is 17.2 Å². The predicted molar refractivity (Wildman–Crippen MR) is 108 cm³/mol. The van der Waals surface area contributed by atoms with E-state index in [1.807, 2.05) is 0 Å². The number of rotatable bonds is 4. The summed E-state index contributed by atoms with van der Waals surface area (Å²) in [4.78, 5) is 12.4. The Balaban J connectivity index is 1.65. The van der Waals surface area contributed by atoms with Crippen LogP contribution >= 0.6 is 11.3 Å². The molecule has 150 valence electrons. The van der Waals surface area contributed by atoms with E-state index in [0.29, 0.717) is 24.3 Å². The number of hydrogen-bond donors (Lipinski definition) is 1. The van der Waals surface area contributed by atoms with E-state index in [4.69, 9.17) is 0 Å². The highest BCUT2D eigenvalue weighted by Gasteiger charge is 2.30. The maximum Gasteiger partial charge on any atom is 0.273 e. The molecule has 1 N–H and O–H groups in total. The van der Waals surface area contributed by atoms with Crippen LogP contribution in [0, 0.1) is 11.6 Å². The van der Waals surface area contributed by atoms with Crippen molar-refractivity contribution in [2.24, 2.45) is 0 Å². The zero-order chi connectivity index (χ0) is 20.6. The molecule has 0 aliphatic carbocycles. The molecule has 0 spiro atoms. The molecule has 29 heavy (non-hydrogen) atoms. The van der Waals surface area contributed by atoms with E-state index in [2.05, 4.69) is 5.32 Å². The van der Waals surface area contributed by atoms with E-state index in [1.165, 1.54) is 10.4 Å². The molecule has 4 rings (SSSR count). The fraction of sp³-hybridized carbons (Fsp3) is 0.150. The molecule has 9 heteroatoms. The number of halogens is 2. The van der Waals surface area contributed by atoms with Gasteiger partial charge >= 0.3 is 0 Å². The molecule has 0 saturated heterocycles. The average Bonchev–Trinajstić information content (AvgIpc) is 3.25. The van der Waals surface area contributed by atoms with Crippen LogP contribution in [0.1, 0.15) is 22.3 Å². The van der Waals surface area contributed by atoms with Gasteiger partial charge in [0, 0.05) is 17.8 Å². The van der Waals surface area contributed by atoms with E-state index in [1.54, 1.807) is 35.7 Å². The summed E-state index contributed by atoms with van der Waals surface area (Å²) in [5.41, 5.74) is 1.70. The summed E-state index contributed by atoms with van der Waals surface area (Å²) in [5, 5.41) is 4.32. The molecular formula is C20H16F2N2O3S2. The third-order valence-corrected chi connectivity index (χ3v) is 7.83. The van der Waals surface area contributed by atoms with Crippen LogP contribution in [0.4, 0.5) is 20.2 Å². The van der Waals surface area contributed by atoms with Gasteiger partial charge in [0.15, 0.2) is 11.6 Å². The number of benzene rings is 2. The lowest BCUT2D eigenvalue weighted by Gasteiger charge is -2.30. The number of amides is 1. The number of hydrogen-bond acceptors (Lipinski definition) is 4. The molecule has 3 aromatic rings. The van der Waals surface area contributed by atoms with E-state index < -0.39 is 27.6 Å². The Hall–Kier alpha value is -2.78. The van der Waals surface area contributed by atoms with Crippen LogP contribution in [-0.2, 0) is 16.4 Å². The van der Waals surface area contributed by atoms with Crippen LogP contribution in [0.3, 0.4) is 0 Å². The summed E-state index contributed by atoms with van der Waals surface area (Å²) >= 11 is 1.15. The van der Waals surface area contributed by atoms with Crippen LogP contribution in [0.25, 0.3) is 0 Å². The zero-order valence-electron chi connectivity index (χ0n) is 15.1. The van der Waals surface area contributed by atoms with Gasteiger partial charge in [0.25, 0.3) is 15.9 Å². The second kappa shape index (κ2) is 7.57. The zero-order valence-corrected chi connectivity index (χ0v) is 16.7. The minimum absolute atomic E-state index is 0.0373. The topological polar surface area (TPSA) is 66.5 Å². The Morgan fingerprint density at radius 3 is 2.62 bits per heavy atom. The SMILES string of the molecule is O=C(Nc1ccc2c(c1)N(S(=O)(=O)c1cccs1)CCC2)c1ccc(F)c(F)c1. The lowest BCUT2D eigenvalue weighted by atomic mass is 10.0. The fourth-order valence-electron chi connectivity index (χ4n) is 3.23. The fourth-order valence-corrected chi connectivity index (χ4v) is 5.87. The highest BCUT2D eigenvalue weighted by Crippen LogP contribution is 2.35. The number of carbonyl (C=O) groups excluding carboxylic acids is 1. The molecule has 2 heterocycles. The average molecular weight is 434 g/mol. The number of nitrogens with one attached hydrogen (secondary N) is 1. The van der Waals surface area contributed by atoms with Crippen molar-refractivity contribution in [1.29, 1.82) is 0 Å². The summed E-state index contributed by atoms with van der Waals surface area (Å²) in [7, 11) is -3.69. The number of thiophene rings is 1. The van der Waals surface area contributed by atoms with E-state index in [-0.39, 0.29) is 9.77 Å². The number of anilines is 2. The first-order valence-electron chi connectivity index (χ1n) is 8.82. The molecule has 0 atom stereocenters. The molecule has 0 saturated carbocycles. The highest BCUT2D eigenvalue weighted by atomic mass is 32.2. The maximum absolute atomic E-state index is 13.4. The number of carbonyl (C=O) groups is 1. The third-order valence-electron chi connectivity index (χ3n) is 4.64. The van der Waals surface area contributed by atoms with E-state index >= 15 is 0 Å². The second-order valence-corrected chi connectivity index (χ2v) is 9.58. The molecule has 0 radical (unpaired) electrons. The van der Waals surface area contributed by atoms with Crippen LogP contribution in [0.5, 0.6) is 0 Å². The van der Waals surface area contributed by atoms with Crippen LogP contribution in [-0.4, -0.2) is 20.9 Å². The molecule has 0 fully saturated rings. The number of sulfonamides is 1. The summed E-state index contributed by atoms with van der Waals surface area (Å²) in [5.74, 6) is -2.77. The Labute approximate surface area is 170 Å². The van der Waals surface area contributed by atoms with Crippen molar-refractivity contribution in [3.8, 4) is 0 Å². The molecular weight excluding hydrogens is 418 g/mol. The second-order valence-electron chi connectivity index (χ2n) is 6.54. The van der Waals surface area contributed by atoms with Gasteiger partial charge in [0.1, 0.15) is 4.21 Å². The van der Waals surface area contributed by atoms with Gasteiger partial charge in [-0.05, 0) is 60.2 Å². The summed E-state index contributed by atoms with van der Waals surface area (Å²) in [6, 6.07) is 11.1. The Morgan fingerprint density at radius 1 is 1.07 bits per heavy atom. The first kappa shape index (κ1) is 19.5. The summed E-state index contributed by atoms with van der Waals surface area (Å²) < 4.78 is 54.1. The summed E-state index contributed by atoms with van der Waals surface area (Å²) in [6.07, 6.45) is 1.42. The van der Waals surface area contributed by atoms with Crippen molar-refractivity contribution in [1.82, 2.24) is 0 Å². The van der Waals surface area contributed by atoms with Crippen molar-refractivity contribution < 1.29 is 22.0 Å². The smallest absolute Gasteiger partial charge is 0.273 e. The van der Waals surface area contributed by atoms with Crippen molar-refractivity contribution in [3.63, 3.8) is 0 Å². The molecule has 0 unspecified atom stereocenters. The van der Waals surface area contributed by atoms with Crippen molar-refractivity contribution in [2.45, 2.75) is 17.1 Å². The number of fused-ring (bicyclic) bond motifs is 1. The number of nitrogens with zero attached hydrogens (tertiary/aromatic N) is 1. The maximum atomic E-state index is 13.4.